The molecule has 2 nitrogen and oxygen atoms in total. The van der Waals surface area contributed by atoms with Gasteiger partial charge in [0.2, 0.25) is 0 Å². The molecule has 0 atom stereocenters. The lowest BCUT2D eigenvalue weighted by molar-refractivity contribution is -0.633. The first-order valence-electron chi connectivity index (χ1n) is 14.0. The molecule has 194 valence electrons. The van der Waals surface area contributed by atoms with Crippen LogP contribution in [-0.4, -0.2) is 4.57 Å². The summed E-state index contributed by atoms with van der Waals surface area (Å²) >= 11 is 0. The van der Waals surface area contributed by atoms with Crippen molar-refractivity contribution in [1.82, 2.24) is 4.57 Å². The highest BCUT2D eigenvalue weighted by molar-refractivity contribution is 5.82. The first-order valence-corrected chi connectivity index (χ1v) is 14.0. The van der Waals surface area contributed by atoms with Gasteiger partial charge in [-0.3, -0.25) is 0 Å². The summed E-state index contributed by atoms with van der Waals surface area (Å²) in [5.41, 5.74) is 13.1. The van der Waals surface area contributed by atoms with E-state index in [2.05, 4.69) is 150 Å². The lowest BCUT2D eigenvalue weighted by Gasteiger charge is -2.21. The van der Waals surface area contributed by atoms with Crippen molar-refractivity contribution in [2.45, 2.75) is 66.2 Å². The number of fused-ring (bicyclic) bond motifs is 1. The minimum atomic E-state index is 0.370. The van der Waals surface area contributed by atoms with Crippen LogP contribution in [0.5, 0.6) is 0 Å². The maximum absolute atomic E-state index is 2.55. The van der Waals surface area contributed by atoms with Crippen LogP contribution in [-0.2, 0) is 7.05 Å². The Morgan fingerprint density at radius 2 is 1.24 bits per heavy atom. The van der Waals surface area contributed by atoms with Crippen molar-refractivity contribution in [1.29, 1.82) is 0 Å². The third kappa shape index (κ3) is 4.47. The van der Waals surface area contributed by atoms with Gasteiger partial charge in [-0.15, -0.1) is 0 Å². The summed E-state index contributed by atoms with van der Waals surface area (Å²) < 4.78 is 4.93. The highest BCUT2D eigenvalue weighted by Gasteiger charge is 2.31. The van der Waals surface area contributed by atoms with Gasteiger partial charge in [0, 0.05) is 11.1 Å². The van der Waals surface area contributed by atoms with Gasteiger partial charge >= 0.3 is 0 Å². The zero-order valence-electron chi connectivity index (χ0n) is 24.2. The van der Waals surface area contributed by atoms with Crippen molar-refractivity contribution >= 4 is 11.0 Å². The Hall–Kier alpha value is -3.65. The molecule has 5 rings (SSSR count). The number of aryl methyl sites for hydroxylation is 2. The average molecular weight is 502 g/mol. The van der Waals surface area contributed by atoms with Crippen LogP contribution in [0.2, 0.25) is 0 Å². The summed E-state index contributed by atoms with van der Waals surface area (Å²) in [6.45, 7) is 16.1. The minimum absolute atomic E-state index is 0.370. The molecule has 38 heavy (non-hydrogen) atoms. The van der Waals surface area contributed by atoms with E-state index < -0.39 is 0 Å². The molecule has 0 aliphatic heterocycles. The number of aromatic nitrogens is 2. The Bertz CT molecular complexity index is 1570. The zero-order chi connectivity index (χ0) is 27.1. The Morgan fingerprint density at radius 3 is 1.82 bits per heavy atom. The highest BCUT2D eigenvalue weighted by atomic mass is 15.2. The van der Waals surface area contributed by atoms with Crippen LogP contribution in [0, 0.1) is 6.92 Å². The lowest BCUT2D eigenvalue weighted by atomic mass is 9.88. The highest BCUT2D eigenvalue weighted by Crippen LogP contribution is 2.40. The quantitative estimate of drug-likeness (QED) is 0.205. The van der Waals surface area contributed by atoms with E-state index >= 15 is 0 Å². The SMILES string of the molecule is Cc1cc(C(C)C)ccc1-c1n(-c2c(C(C)C)cc(-c3ccccc3)cc2C(C)C)c2ccccc2[n+]1C. The fourth-order valence-electron chi connectivity index (χ4n) is 5.76. The van der Waals surface area contributed by atoms with Crippen molar-refractivity contribution < 1.29 is 4.57 Å². The Morgan fingerprint density at radius 1 is 0.632 bits per heavy atom. The molecule has 0 radical (unpaired) electrons. The van der Waals surface area contributed by atoms with Crippen molar-refractivity contribution in [3.63, 3.8) is 0 Å². The molecule has 0 unspecified atom stereocenters. The fraction of sp³-hybridized carbons (Fsp3) is 0.306. The molecule has 0 aliphatic rings. The summed E-state index contributed by atoms with van der Waals surface area (Å²) in [6.07, 6.45) is 0. The van der Waals surface area contributed by atoms with Crippen molar-refractivity contribution in [2.75, 3.05) is 0 Å². The number of hydrogen-bond donors (Lipinski definition) is 0. The number of nitrogens with zero attached hydrogens (tertiary/aromatic N) is 2. The largest absolute Gasteiger partial charge is 0.295 e. The third-order valence-corrected chi connectivity index (χ3v) is 7.92. The van der Waals surface area contributed by atoms with Crippen LogP contribution < -0.4 is 4.57 Å². The predicted molar refractivity (Wildman–Crippen MR) is 162 cm³/mol. The second-order valence-corrected chi connectivity index (χ2v) is 11.6. The van der Waals surface area contributed by atoms with E-state index in [9.17, 15) is 0 Å². The van der Waals surface area contributed by atoms with Crippen LogP contribution in [0.15, 0.2) is 84.9 Å². The van der Waals surface area contributed by atoms with E-state index in [0.717, 1.165) is 0 Å². The summed E-state index contributed by atoms with van der Waals surface area (Å²) in [7, 11) is 2.21. The topological polar surface area (TPSA) is 8.81 Å². The van der Waals surface area contributed by atoms with Crippen molar-refractivity contribution in [3.05, 3.63) is 107 Å². The van der Waals surface area contributed by atoms with E-state index in [1.807, 2.05) is 0 Å². The third-order valence-electron chi connectivity index (χ3n) is 7.92. The van der Waals surface area contributed by atoms with E-state index in [1.54, 1.807) is 0 Å². The fourth-order valence-corrected chi connectivity index (χ4v) is 5.76. The average Bonchev–Trinajstić information content (AvgIpc) is 3.20. The van der Waals surface area contributed by atoms with Crippen LogP contribution in [0.25, 0.3) is 39.2 Å². The monoisotopic (exact) mass is 501 g/mol. The van der Waals surface area contributed by atoms with Gasteiger partial charge in [0.1, 0.15) is 5.69 Å². The molecule has 0 fully saturated rings. The number of imidazole rings is 1. The van der Waals surface area contributed by atoms with E-state index in [-0.39, 0.29) is 0 Å². The minimum Gasteiger partial charge on any atom is -0.225 e. The smallest absolute Gasteiger partial charge is 0.225 e. The van der Waals surface area contributed by atoms with Crippen molar-refractivity contribution in [2.24, 2.45) is 7.05 Å². The molecule has 0 N–H and O–H groups in total. The van der Waals surface area contributed by atoms with Crippen LogP contribution in [0.3, 0.4) is 0 Å². The number of benzene rings is 4. The number of para-hydroxylation sites is 2. The van der Waals surface area contributed by atoms with Crippen LogP contribution in [0.4, 0.5) is 0 Å². The van der Waals surface area contributed by atoms with Gasteiger partial charge < -0.3 is 0 Å². The van der Waals surface area contributed by atoms with Crippen LogP contribution >= 0.6 is 0 Å². The molecule has 0 saturated heterocycles. The van der Waals surface area contributed by atoms with Gasteiger partial charge in [0.25, 0.3) is 5.82 Å². The normalized spacial score (nSPS) is 11.9. The molecule has 4 aromatic carbocycles. The van der Waals surface area contributed by atoms with E-state index in [0.29, 0.717) is 17.8 Å². The summed E-state index contributed by atoms with van der Waals surface area (Å²) in [5.74, 6) is 2.48. The van der Waals surface area contributed by atoms with Crippen LogP contribution in [0.1, 0.15) is 81.5 Å². The first kappa shape index (κ1) is 26.0. The Balaban J connectivity index is 1.91. The standard InChI is InChI=1S/C36H41N2/c1-23(2)28-18-19-30(26(7)20-28)36-37(8)33-16-12-13-17-34(33)38(36)35-31(24(3)4)21-29(22-32(35)25(5)6)27-14-10-9-11-15-27/h9-25H,1-8H3/q+1. The Kier molecular flexibility index (Phi) is 7.01. The number of hydrogen-bond acceptors (Lipinski definition) is 0. The molecule has 5 aromatic rings. The number of rotatable bonds is 6. The second kappa shape index (κ2) is 10.3. The van der Waals surface area contributed by atoms with Gasteiger partial charge in [-0.05, 0) is 77.3 Å². The van der Waals surface area contributed by atoms with Crippen molar-refractivity contribution in [3.8, 4) is 28.2 Å². The summed E-state index contributed by atoms with van der Waals surface area (Å²) in [6, 6.07) is 31.5. The molecule has 0 aliphatic carbocycles. The molecule has 1 heterocycles. The van der Waals surface area contributed by atoms with Gasteiger partial charge in [-0.25, -0.2) is 4.57 Å². The second-order valence-electron chi connectivity index (χ2n) is 11.6. The molecule has 1 aromatic heterocycles. The lowest BCUT2D eigenvalue weighted by Crippen LogP contribution is -2.30. The predicted octanol–water partition coefficient (Wildman–Crippen LogP) is 9.47. The van der Waals surface area contributed by atoms with Gasteiger partial charge in [-0.2, -0.15) is 4.57 Å². The molecule has 0 bridgehead atoms. The maximum Gasteiger partial charge on any atom is 0.295 e. The molecular weight excluding hydrogens is 460 g/mol. The molecule has 0 spiro atoms. The molecular formula is C36H41N2+. The van der Waals surface area contributed by atoms with Gasteiger partial charge in [0.05, 0.1) is 12.6 Å². The Labute approximate surface area is 228 Å². The molecule has 0 saturated carbocycles. The maximum atomic E-state index is 2.55. The summed E-state index contributed by atoms with van der Waals surface area (Å²) in [4.78, 5) is 0. The summed E-state index contributed by atoms with van der Waals surface area (Å²) in [5, 5.41) is 0. The zero-order valence-corrected chi connectivity index (χ0v) is 24.2. The molecule has 0 amide bonds. The van der Waals surface area contributed by atoms with Gasteiger partial charge in [-0.1, -0.05) is 96.1 Å². The van der Waals surface area contributed by atoms with E-state index in [4.69, 9.17) is 0 Å². The van der Waals surface area contributed by atoms with Gasteiger partial charge in [0.15, 0.2) is 11.0 Å². The molecule has 2 heteroatoms. The first-order chi connectivity index (χ1) is 18.2. The van der Waals surface area contributed by atoms with E-state index in [1.165, 1.54) is 61.5 Å².